The van der Waals surface area contributed by atoms with Crippen LogP contribution in [0, 0.1) is 15.3 Å². The van der Waals surface area contributed by atoms with Crippen molar-refractivity contribution in [3.63, 3.8) is 0 Å². The summed E-state index contributed by atoms with van der Waals surface area (Å²) in [6.45, 7) is 0. The Bertz CT molecular complexity index is 156. The van der Waals surface area contributed by atoms with Crippen LogP contribution in [0.15, 0.2) is 0 Å². The van der Waals surface area contributed by atoms with Crippen LogP contribution in [0.1, 0.15) is 0 Å². The van der Waals surface area contributed by atoms with Gasteiger partial charge >= 0.3 is 0 Å². The molecule has 0 aliphatic heterocycles. The predicted molar refractivity (Wildman–Crippen MR) is 20.8 cm³/mol. The van der Waals surface area contributed by atoms with Gasteiger partial charge in [0.25, 0.3) is 0 Å². The van der Waals surface area contributed by atoms with E-state index >= 15 is 0 Å². The molecule has 0 N–H and O–H groups in total. The Balaban J connectivity index is -0.0000000910. The second-order valence-corrected chi connectivity index (χ2v) is 1.45. The molecule has 10 heavy (non-hydrogen) atoms. The molecule has 0 aromatic rings. The molecule has 10 heteroatoms. The van der Waals surface area contributed by atoms with Crippen molar-refractivity contribution in [3.8, 4) is 0 Å². The first-order valence-electron chi connectivity index (χ1n) is 1.21. The van der Waals surface area contributed by atoms with Crippen LogP contribution in [0.5, 0.6) is 0 Å². The molecule has 1 radical (unpaired) electrons. The third kappa shape index (κ3) is 1960. The Labute approximate surface area is 66.0 Å². The standard InChI is InChI=1S/Cu.NO3.H2O4S/c;2-1(3)4;1-5(2,3)4/h;;(H2,1,2,3,4)/q;-1;/p-2. The Kier molecular flexibility index (Phi) is 10.9. The molecule has 0 saturated heterocycles. The molecular formula is CuNO7S-3. The van der Waals surface area contributed by atoms with E-state index in [2.05, 4.69) is 0 Å². The van der Waals surface area contributed by atoms with Crippen molar-refractivity contribution in [1.29, 1.82) is 0 Å². The monoisotopic (exact) mass is 221 g/mol. The summed E-state index contributed by atoms with van der Waals surface area (Å²) in [4.78, 5) is 8.25. The van der Waals surface area contributed by atoms with Crippen molar-refractivity contribution in [1.82, 2.24) is 0 Å². The molecule has 0 fully saturated rings. The zero-order chi connectivity index (χ0) is 8.08. The van der Waals surface area contributed by atoms with Gasteiger partial charge in [0.1, 0.15) is 0 Å². The summed E-state index contributed by atoms with van der Waals surface area (Å²) in [7, 11) is -5.17. The van der Waals surface area contributed by atoms with Gasteiger partial charge < -0.3 is 24.4 Å². The minimum atomic E-state index is -5.17. The molecule has 0 heterocycles. The van der Waals surface area contributed by atoms with Crippen LogP contribution in [0.2, 0.25) is 0 Å². The van der Waals surface area contributed by atoms with E-state index in [0.29, 0.717) is 0 Å². The topological polar surface area (TPSA) is 146 Å². The van der Waals surface area contributed by atoms with Crippen molar-refractivity contribution in [2.45, 2.75) is 0 Å². The molecule has 0 aliphatic carbocycles. The predicted octanol–water partition coefficient (Wildman–Crippen LogP) is -1.58. The number of rotatable bonds is 0. The van der Waals surface area contributed by atoms with E-state index in [9.17, 15) is 0 Å². The van der Waals surface area contributed by atoms with Gasteiger partial charge in [-0.3, -0.25) is 8.42 Å². The summed E-state index contributed by atoms with van der Waals surface area (Å²) < 4.78 is 34.1. The maximum atomic E-state index is 8.52. The SMILES string of the molecule is O=S(=O)([O-])[O-].O=[N+]([O-])[O-].[Cu]. The average molecular weight is 222 g/mol. The van der Waals surface area contributed by atoms with Crippen LogP contribution in [0.25, 0.3) is 0 Å². The van der Waals surface area contributed by atoms with Crippen molar-refractivity contribution < 1.29 is 39.7 Å². The average Bonchev–Trinajstić information content (AvgIpc) is 1.19. The van der Waals surface area contributed by atoms with Crippen molar-refractivity contribution >= 4 is 10.4 Å². The molecule has 0 aromatic carbocycles. The molecule has 0 aliphatic rings. The minimum Gasteiger partial charge on any atom is -0.759 e. The fourth-order valence-electron chi connectivity index (χ4n) is 0. The van der Waals surface area contributed by atoms with E-state index in [0.717, 1.165) is 0 Å². The molecule has 0 aromatic heterocycles. The quantitative estimate of drug-likeness (QED) is 0.158. The Morgan fingerprint density at radius 1 is 1.10 bits per heavy atom. The van der Waals surface area contributed by atoms with Crippen molar-refractivity contribution in [3.05, 3.63) is 15.3 Å². The Morgan fingerprint density at radius 3 is 1.10 bits per heavy atom. The maximum Gasteiger partial charge on any atom is 0.0689 e. The molecule has 0 spiro atoms. The summed E-state index contributed by atoms with van der Waals surface area (Å²) in [5.74, 6) is 0. The summed E-state index contributed by atoms with van der Waals surface area (Å²) in [5.41, 5.74) is 0. The molecule has 0 bridgehead atoms. The third-order valence-corrected chi connectivity index (χ3v) is 0. The smallest absolute Gasteiger partial charge is 0.0689 e. The van der Waals surface area contributed by atoms with Gasteiger partial charge in [-0.1, -0.05) is 0 Å². The first-order valence-corrected chi connectivity index (χ1v) is 2.55. The fraction of sp³-hybridized carbons (Fsp3) is 0. The summed E-state index contributed by atoms with van der Waals surface area (Å²) in [5, 5.41) is 14.8. The second-order valence-electron chi connectivity index (χ2n) is 0.632. The van der Waals surface area contributed by atoms with Gasteiger partial charge in [-0.15, -0.1) is 0 Å². The number of hydrogen-bond donors (Lipinski definition) is 0. The third-order valence-electron chi connectivity index (χ3n) is 0. The second kappa shape index (κ2) is 6.71. The molecule has 8 nitrogen and oxygen atoms in total. The first-order chi connectivity index (χ1) is 3.73. The van der Waals surface area contributed by atoms with Gasteiger partial charge in [-0.2, -0.15) is 0 Å². The van der Waals surface area contributed by atoms with Crippen molar-refractivity contribution in [2.24, 2.45) is 0 Å². The Hall–Kier alpha value is -0.411. The molecule has 0 saturated carbocycles. The molecule has 0 unspecified atom stereocenters. The van der Waals surface area contributed by atoms with Gasteiger partial charge in [0.05, 0.1) is 5.09 Å². The van der Waals surface area contributed by atoms with E-state index in [1.807, 2.05) is 0 Å². The largest absolute Gasteiger partial charge is 0.759 e. The summed E-state index contributed by atoms with van der Waals surface area (Å²) in [6.07, 6.45) is 0. The van der Waals surface area contributed by atoms with Gasteiger partial charge in [0.2, 0.25) is 0 Å². The molecule has 0 amide bonds. The van der Waals surface area contributed by atoms with Gasteiger partial charge in [0.15, 0.2) is 0 Å². The minimum absolute atomic E-state index is 0. The molecule has 0 rings (SSSR count). The maximum absolute atomic E-state index is 8.52. The van der Waals surface area contributed by atoms with E-state index in [1.165, 1.54) is 0 Å². The summed E-state index contributed by atoms with van der Waals surface area (Å²) >= 11 is 0. The Morgan fingerprint density at radius 2 is 1.10 bits per heavy atom. The van der Waals surface area contributed by atoms with Crippen LogP contribution >= 0.6 is 0 Å². The van der Waals surface area contributed by atoms with Gasteiger partial charge in [-0.05, 0) is 0 Å². The van der Waals surface area contributed by atoms with Crippen LogP contribution in [-0.2, 0) is 27.5 Å². The fourth-order valence-corrected chi connectivity index (χ4v) is 0. The number of hydrogen-bond acceptors (Lipinski definition) is 7. The van der Waals surface area contributed by atoms with Crippen LogP contribution in [-0.4, -0.2) is 22.6 Å². The zero-order valence-electron chi connectivity index (χ0n) is 4.01. The van der Waals surface area contributed by atoms with Crippen molar-refractivity contribution in [2.75, 3.05) is 0 Å². The number of nitrogens with zero attached hydrogens (tertiary/aromatic N) is 1. The zero-order valence-corrected chi connectivity index (χ0v) is 5.77. The van der Waals surface area contributed by atoms with Gasteiger partial charge in [-0.25, -0.2) is 0 Å². The summed E-state index contributed by atoms with van der Waals surface area (Å²) in [6, 6.07) is 0. The van der Waals surface area contributed by atoms with Gasteiger partial charge in [0, 0.05) is 27.5 Å². The van der Waals surface area contributed by atoms with E-state index < -0.39 is 15.5 Å². The normalized spacial score (nSPS) is 8.20. The molecule has 0 atom stereocenters. The van der Waals surface area contributed by atoms with Crippen LogP contribution in [0.4, 0.5) is 0 Å². The first kappa shape index (κ1) is 16.3. The molecule has 67 valence electrons. The van der Waals surface area contributed by atoms with Crippen LogP contribution in [0.3, 0.4) is 0 Å². The van der Waals surface area contributed by atoms with E-state index in [1.54, 1.807) is 0 Å². The van der Waals surface area contributed by atoms with E-state index in [4.69, 9.17) is 32.8 Å². The van der Waals surface area contributed by atoms with E-state index in [-0.39, 0.29) is 17.1 Å². The molecular weight excluding hydrogens is 222 g/mol. The van der Waals surface area contributed by atoms with Crippen LogP contribution < -0.4 is 0 Å².